The van der Waals surface area contributed by atoms with Crippen LogP contribution in [0.3, 0.4) is 0 Å². The summed E-state index contributed by atoms with van der Waals surface area (Å²) in [5.74, 6) is 0.104. The topological polar surface area (TPSA) is 91.4 Å². The lowest BCUT2D eigenvalue weighted by Gasteiger charge is -2.22. The fourth-order valence-electron chi connectivity index (χ4n) is 3.45. The van der Waals surface area contributed by atoms with Gasteiger partial charge in [-0.2, -0.15) is 0 Å². The molecule has 1 fully saturated rings. The zero-order chi connectivity index (χ0) is 19.5. The number of rotatable bonds is 6. The van der Waals surface area contributed by atoms with Crippen LogP contribution >= 0.6 is 11.8 Å². The van der Waals surface area contributed by atoms with Gasteiger partial charge in [-0.3, -0.25) is 19.4 Å². The molecule has 3 heterocycles. The van der Waals surface area contributed by atoms with Gasteiger partial charge in [-0.25, -0.2) is 0 Å². The number of nitrogens with zero attached hydrogens (tertiary/aromatic N) is 2. The van der Waals surface area contributed by atoms with Crippen molar-refractivity contribution in [2.75, 3.05) is 12.3 Å². The molecule has 4 rings (SSSR count). The Hall–Kier alpha value is -2.87. The van der Waals surface area contributed by atoms with Crippen LogP contribution in [0.4, 0.5) is 0 Å². The van der Waals surface area contributed by atoms with Crippen LogP contribution < -0.4 is 10.6 Å². The lowest BCUT2D eigenvalue weighted by molar-refractivity contribution is -0.125. The van der Waals surface area contributed by atoms with Crippen molar-refractivity contribution >= 4 is 29.5 Å². The second kappa shape index (κ2) is 8.02. The largest absolute Gasteiger partial charge is 0.354 e. The van der Waals surface area contributed by atoms with E-state index in [0.717, 1.165) is 11.1 Å². The van der Waals surface area contributed by atoms with Gasteiger partial charge in [0.15, 0.2) is 0 Å². The van der Waals surface area contributed by atoms with Crippen molar-refractivity contribution < 1.29 is 14.4 Å². The van der Waals surface area contributed by atoms with Gasteiger partial charge in [0.25, 0.3) is 5.91 Å². The highest BCUT2D eigenvalue weighted by Crippen LogP contribution is 2.47. The van der Waals surface area contributed by atoms with Crippen LogP contribution in [0.5, 0.6) is 0 Å². The Kier molecular flexibility index (Phi) is 5.29. The molecule has 2 aliphatic heterocycles. The summed E-state index contributed by atoms with van der Waals surface area (Å²) in [6.45, 7) is 0.640. The summed E-state index contributed by atoms with van der Waals surface area (Å²) in [7, 11) is 0. The van der Waals surface area contributed by atoms with Crippen LogP contribution in [0.15, 0.2) is 48.8 Å². The quantitative estimate of drug-likeness (QED) is 0.772. The number of carbonyl (C=O) groups excluding carboxylic acids is 3. The molecule has 3 amide bonds. The lowest BCUT2D eigenvalue weighted by atomic mass is 10.1. The second-order valence-corrected chi connectivity index (χ2v) is 7.79. The highest BCUT2D eigenvalue weighted by molar-refractivity contribution is 7.99. The van der Waals surface area contributed by atoms with Crippen LogP contribution in [0.1, 0.15) is 33.3 Å². The molecule has 1 saturated heterocycles. The maximum Gasteiger partial charge on any atom is 0.256 e. The zero-order valence-corrected chi connectivity index (χ0v) is 15.9. The van der Waals surface area contributed by atoms with Crippen molar-refractivity contribution in [3.05, 3.63) is 65.5 Å². The predicted octanol–water partition coefficient (Wildman–Crippen LogP) is 1.47. The maximum absolute atomic E-state index is 12.7. The van der Waals surface area contributed by atoms with Crippen molar-refractivity contribution in [2.45, 2.75) is 24.4 Å². The number of thioether (sulfide) groups is 1. The third-order valence-corrected chi connectivity index (χ3v) is 6.16. The zero-order valence-electron chi connectivity index (χ0n) is 15.1. The molecule has 2 aromatic rings. The third-order valence-electron chi connectivity index (χ3n) is 4.86. The van der Waals surface area contributed by atoms with Crippen LogP contribution in [-0.2, 0) is 16.1 Å². The molecule has 0 unspecified atom stereocenters. The first-order valence-electron chi connectivity index (χ1n) is 9.11. The van der Waals surface area contributed by atoms with Crippen LogP contribution in [0, 0.1) is 0 Å². The minimum absolute atomic E-state index is 0.0952. The number of aromatic nitrogens is 1. The highest BCUT2D eigenvalue weighted by Gasteiger charge is 2.48. The number of benzene rings is 1. The molecule has 2 N–H and O–H groups in total. The first-order chi connectivity index (χ1) is 13.6. The Bertz CT molecular complexity index is 905. The molecule has 2 atom stereocenters. The van der Waals surface area contributed by atoms with Crippen LogP contribution in [-0.4, -0.2) is 45.9 Å². The monoisotopic (exact) mass is 396 g/mol. The Morgan fingerprint density at radius 2 is 2.04 bits per heavy atom. The minimum Gasteiger partial charge on any atom is -0.354 e. The highest BCUT2D eigenvalue weighted by atomic mass is 32.2. The van der Waals surface area contributed by atoms with Gasteiger partial charge in [0.2, 0.25) is 11.8 Å². The smallest absolute Gasteiger partial charge is 0.256 e. The van der Waals surface area contributed by atoms with E-state index in [0.29, 0.717) is 17.9 Å². The Balaban J connectivity index is 1.26. The summed E-state index contributed by atoms with van der Waals surface area (Å²) in [5.41, 5.74) is 2.57. The van der Waals surface area contributed by atoms with Crippen molar-refractivity contribution in [1.82, 2.24) is 20.5 Å². The molecule has 0 radical (unpaired) electrons. The first-order valence-corrected chi connectivity index (χ1v) is 10.2. The molecule has 0 bridgehead atoms. The average Bonchev–Trinajstić information content (AvgIpc) is 3.28. The Morgan fingerprint density at radius 3 is 2.86 bits per heavy atom. The molecular weight excluding hydrogens is 376 g/mol. The molecular formula is C20H20N4O3S. The van der Waals surface area contributed by atoms with E-state index in [9.17, 15) is 14.4 Å². The summed E-state index contributed by atoms with van der Waals surface area (Å²) in [4.78, 5) is 42.9. The molecule has 7 nitrogen and oxygen atoms in total. The first kappa shape index (κ1) is 18.5. The number of nitrogens with one attached hydrogen (secondary N) is 2. The number of pyridine rings is 1. The summed E-state index contributed by atoms with van der Waals surface area (Å²) in [5, 5.41) is 5.50. The van der Waals surface area contributed by atoms with E-state index in [4.69, 9.17) is 0 Å². The van der Waals surface area contributed by atoms with Crippen molar-refractivity contribution in [3.63, 3.8) is 0 Å². The molecule has 144 valence electrons. The minimum atomic E-state index is -0.506. The SMILES string of the molecule is O=C(CCNC(=O)[C@H]1CS[C@@H]2c3ccccc3C(=O)N12)NCc1cccnc1. The Labute approximate surface area is 166 Å². The molecule has 8 heteroatoms. The molecule has 1 aromatic heterocycles. The van der Waals surface area contributed by atoms with Crippen molar-refractivity contribution in [2.24, 2.45) is 0 Å². The van der Waals surface area contributed by atoms with Gasteiger partial charge >= 0.3 is 0 Å². The molecule has 2 aliphatic rings. The van der Waals surface area contributed by atoms with Crippen molar-refractivity contribution in [3.8, 4) is 0 Å². The van der Waals surface area contributed by atoms with Gasteiger partial charge in [0.1, 0.15) is 11.4 Å². The number of carbonyl (C=O) groups is 3. The number of hydrogen-bond donors (Lipinski definition) is 2. The molecule has 0 aliphatic carbocycles. The van der Waals surface area contributed by atoms with Gasteiger partial charge in [-0.1, -0.05) is 24.3 Å². The molecule has 28 heavy (non-hydrogen) atoms. The summed E-state index contributed by atoms with van der Waals surface area (Å²) >= 11 is 1.60. The standard InChI is InChI=1S/C20H20N4O3S/c25-17(23-11-13-4-3-8-21-10-13)7-9-22-18(26)16-12-28-20-15-6-2-1-5-14(15)19(27)24(16)20/h1-6,8,10,16,20H,7,9,11-12H2,(H,22,26)(H,23,25)/t16-,20-/m1/s1. The van der Waals surface area contributed by atoms with Gasteiger partial charge in [-0.05, 0) is 23.3 Å². The van der Waals surface area contributed by atoms with E-state index >= 15 is 0 Å². The average molecular weight is 396 g/mol. The van der Waals surface area contributed by atoms with Crippen LogP contribution in [0.25, 0.3) is 0 Å². The van der Waals surface area contributed by atoms with E-state index < -0.39 is 6.04 Å². The van der Waals surface area contributed by atoms with Gasteiger partial charge in [0, 0.05) is 43.2 Å². The third kappa shape index (κ3) is 3.60. The number of amides is 3. The van der Waals surface area contributed by atoms with Crippen LogP contribution in [0.2, 0.25) is 0 Å². The maximum atomic E-state index is 12.7. The fourth-order valence-corrected chi connectivity index (χ4v) is 4.92. The van der Waals surface area contributed by atoms with Gasteiger partial charge in [-0.15, -0.1) is 11.8 Å². The molecule has 1 aromatic carbocycles. The fraction of sp³-hybridized carbons (Fsp3) is 0.300. The van der Waals surface area contributed by atoms with E-state index in [2.05, 4.69) is 15.6 Å². The van der Waals surface area contributed by atoms with Gasteiger partial charge < -0.3 is 15.5 Å². The van der Waals surface area contributed by atoms with E-state index in [-0.39, 0.29) is 36.1 Å². The Morgan fingerprint density at radius 1 is 1.18 bits per heavy atom. The number of fused-ring (bicyclic) bond motifs is 3. The van der Waals surface area contributed by atoms with E-state index in [1.165, 1.54) is 0 Å². The summed E-state index contributed by atoms with van der Waals surface area (Å²) < 4.78 is 0. The summed E-state index contributed by atoms with van der Waals surface area (Å²) in [6, 6.07) is 10.7. The normalized spacial score (nSPS) is 19.9. The summed E-state index contributed by atoms with van der Waals surface area (Å²) in [6.07, 6.45) is 3.56. The van der Waals surface area contributed by atoms with Crippen molar-refractivity contribution in [1.29, 1.82) is 0 Å². The van der Waals surface area contributed by atoms with E-state index in [1.54, 1.807) is 35.1 Å². The predicted molar refractivity (Wildman–Crippen MR) is 105 cm³/mol. The number of hydrogen-bond acceptors (Lipinski definition) is 5. The second-order valence-electron chi connectivity index (χ2n) is 6.68. The molecule has 0 spiro atoms. The van der Waals surface area contributed by atoms with Gasteiger partial charge in [0.05, 0.1) is 0 Å². The van der Waals surface area contributed by atoms with E-state index in [1.807, 2.05) is 30.3 Å². The molecule has 0 saturated carbocycles. The lowest BCUT2D eigenvalue weighted by Crippen LogP contribution is -2.46.